The molecule has 2 atom stereocenters. The molecular formula is C13H18O5. The normalized spacial score (nSPS) is 13.8. The largest absolute Gasteiger partial charge is 0.497 e. The maximum absolute atomic E-state index is 10.6. The number of aliphatic hydroxyl groups is 1. The number of methoxy groups -OCH3 is 2. The lowest BCUT2D eigenvalue weighted by molar-refractivity contribution is -0.139. The Morgan fingerprint density at radius 3 is 2.11 bits per heavy atom. The van der Waals surface area contributed by atoms with Gasteiger partial charge in [-0.25, -0.2) is 0 Å². The summed E-state index contributed by atoms with van der Waals surface area (Å²) in [7, 11) is 3.04. The molecule has 0 aliphatic rings. The van der Waals surface area contributed by atoms with Crippen molar-refractivity contribution in [3.8, 4) is 11.5 Å². The van der Waals surface area contributed by atoms with Crippen LogP contribution in [0.5, 0.6) is 11.5 Å². The smallest absolute Gasteiger partial charge is 0.303 e. The molecule has 0 radical (unpaired) electrons. The zero-order valence-electron chi connectivity index (χ0n) is 10.7. The number of ether oxygens (including phenoxy) is 2. The average molecular weight is 254 g/mol. The molecule has 0 saturated heterocycles. The highest BCUT2D eigenvalue weighted by atomic mass is 16.5. The van der Waals surface area contributed by atoms with Crippen molar-refractivity contribution >= 4 is 5.97 Å². The van der Waals surface area contributed by atoms with Crippen LogP contribution in [0.1, 0.15) is 25.0 Å². The molecule has 0 aliphatic carbocycles. The van der Waals surface area contributed by atoms with Gasteiger partial charge in [0.05, 0.1) is 26.7 Å². The Labute approximate surface area is 106 Å². The third-order valence-corrected chi connectivity index (χ3v) is 2.75. The van der Waals surface area contributed by atoms with Gasteiger partial charge in [-0.05, 0) is 23.6 Å². The van der Waals surface area contributed by atoms with Gasteiger partial charge in [0.2, 0.25) is 0 Å². The van der Waals surface area contributed by atoms with Crippen molar-refractivity contribution in [2.45, 2.75) is 19.4 Å². The van der Waals surface area contributed by atoms with Crippen LogP contribution in [0.4, 0.5) is 0 Å². The molecule has 0 aromatic heterocycles. The van der Waals surface area contributed by atoms with Crippen molar-refractivity contribution in [2.75, 3.05) is 14.2 Å². The minimum atomic E-state index is -0.934. The first-order chi connectivity index (χ1) is 8.47. The van der Waals surface area contributed by atoms with Crippen LogP contribution in [0.3, 0.4) is 0 Å². The Balaban J connectivity index is 2.96. The summed E-state index contributed by atoms with van der Waals surface area (Å²) >= 11 is 0. The summed E-state index contributed by atoms with van der Waals surface area (Å²) in [6.07, 6.45) is -0.967. The molecule has 100 valence electrons. The molecule has 0 aliphatic heterocycles. The summed E-state index contributed by atoms with van der Waals surface area (Å²) in [5, 5.41) is 18.8. The van der Waals surface area contributed by atoms with Gasteiger partial charge in [0.1, 0.15) is 11.5 Å². The minimum Gasteiger partial charge on any atom is -0.497 e. The van der Waals surface area contributed by atoms with Crippen LogP contribution in [0.25, 0.3) is 0 Å². The Bertz CT molecular complexity index is 394. The van der Waals surface area contributed by atoms with Gasteiger partial charge in [0, 0.05) is 6.07 Å². The second-order valence-electron chi connectivity index (χ2n) is 4.17. The monoisotopic (exact) mass is 254 g/mol. The van der Waals surface area contributed by atoms with Gasteiger partial charge in [0.25, 0.3) is 0 Å². The third-order valence-electron chi connectivity index (χ3n) is 2.75. The second kappa shape index (κ2) is 6.26. The van der Waals surface area contributed by atoms with Crippen molar-refractivity contribution in [3.63, 3.8) is 0 Å². The molecule has 0 saturated carbocycles. The summed E-state index contributed by atoms with van der Waals surface area (Å²) in [6.45, 7) is 1.69. The van der Waals surface area contributed by atoms with Crippen molar-refractivity contribution in [1.29, 1.82) is 0 Å². The van der Waals surface area contributed by atoms with E-state index >= 15 is 0 Å². The molecule has 2 N–H and O–H groups in total. The van der Waals surface area contributed by atoms with Crippen molar-refractivity contribution in [2.24, 2.45) is 5.92 Å². The first kappa shape index (κ1) is 14.3. The number of benzene rings is 1. The van der Waals surface area contributed by atoms with Crippen LogP contribution in [0.2, 0.25) is 0 Å². The number of rotatable bonds is 6. The van der Waals surface area contributed by atoms with E-state index in [0.29, 0.717) is 17.1 Å². The molecule has 0 heterocycles. The molecule has 0 fully saturated rings. The van der Waals surface area contributed by atoms with Crippen LogP contribution < -0.4 is 9.47 Å². The van der Waals surface area contributed by atoms with Crippen LogP contribution >= 0.6 is 0 Å². The number of carboxylic acids is 1. The molecule has 2 unspecified atom stereocenters. The molecule has 0 bridgehead atoms. The number of aliphatic hydroxyl groups excluding tert-OH is 1. The van der Waals surface area contributed by atoms with Crippen LogP contribution in [0.15, 0.2) is 18.2 Å². The van der Waals surface area contributed by atoms with Crippen LogP contribution in [-0.2, 0) is 4.79 Å². The topological polar surface area (TPSA) is 76.0 Å². The van der Waals surface area contributed by atoms with Gasteiger partial charge in [-0.2, -0.15) is 0 Å². The number of carboxylic acid groups (broad SMARTS) is 1. The summed E-state index contributed by atoms with van der Waals surface area (Å²) < 4.78 is 10.2. The van der Waals surface area contributed by atoms with E-state index in [1.807, 2.05) is 0 Å². The quantitative estimate of drug-likeness (QED) is 0.810. The Kier molecular flexibility index (Phi) is 4.97. The first-order valence-corrected chi connectivity index (χ1v) is 5.60. The standard InChI is InChI=1S/C13H18O5/c1-8(4-12(14)15)13(16)9-5-10(17-2)7-11(6-9)18-3/h5-8,13,16H,4H2,1-3H3,(H,14,15). The van der Waals surface area contributed by atoms with Crippen LogP contribution in [-0.4, -0.2) is 30.4 Å². The highest BCUT2D eigenvalue weighted by molar-refractivity contribution is 5.67. The van der Waals surface area contributed by atoms with Gasteiger partial charge in [-0.1, -0.05) is 6.92 Å². The van der Waals surface area contributed by atoms with Crippen molar-refractivity contribution in [3.05, 3.63) is 23.8 Å². The molecule has 5 heteroatoms. The predicted octanol–water partition coefficient (Wildman–Crippen LogP) is 1.85. The molecule has 5 nitrogen and oxygen atoms in total. The van der Waals surface area contributed by atoms with Crippen LogP contribution in [0, 0.1) is 5.92 Å². The number of aliphatic carboxylic acids is 1. The summed E-state index contributed by atoms with van der Waals surface area (Å²) in [5.41, 5.74) is 0.583. The van der Waals surface area contributed by atoms with E-state index in [9.17, 15) is 9.90 Å². The lowest BCUT2D eigenvalue weighted by Gasteiger charge is -2.19. The maximum Gasteiger partial charge on any atom is 0.303 e. The lowest BCUT2D eigenvalue weighted by atomic mass is 9.94. The molecule has 18 heavy (non-hydrogen) atoms. The molecule has 1 rings (SSSR count). The Hall–Kier alpha value is -1.75. The van der Waals surface area contributed by atoms with Gasteiger partial charge in [0.15, 0.2) is 0 Å². The highest BCUT2D eigenvalue weighted by Crippen LogP contribution is 2.31. The highest BCUT2D eigenvalue weighted by Gasteiger charge is 2.20. The first-order valence-electron chi connectivity index (χ1n) is 5.60. The minimum absolute atomic E-state index is 0.0965. The van der Waals surface area contributed by atoms with Crippen molar-refractivity contribution < 1.29 is 24.5 Å². The fourth-order valence-corrected chi connectivity index (χ4v) is 1.72. The van der Waals surface area contributed by atoms with Gasteiger partial charge < -0.3 is 19.7 Å². The van der Waals surface area contributed by atoms with E-state index in [4.69, 9.17) is 14.6 Å². The number of hydrogen-bond acceptors (Lipinski definition) is 4. The van der Waals surface area contributed by atoms with E-state index in [0.717, 1.165) is 0 Å². The van der Waals surface area contributed by atoms with Gasteiger partial charge in [-0.15, -0.1) is 0 Å². The fraction of sp³-hybridized carbons (Fsp3) is 0.462. The van der Waals surface area contributed by atoms with E-state index in [1.54, 1.807) is 25.1 Å². The van der Waals surface area contributed by atoms with E-state index < -0.39 is 12.1 Å². The van der Waals surface area contributed by atoms with Gasteiger partial charge >= 0.3 is 5.97 Å². The SMILES string of the molecule is COc1cc(OC)cc(C(O)C(C)CC(=O)O)c1. The van der Waals surface area contributed by atoms with E-state index in [2.05, 4.69) is 0 Å². The molecule has 0 amide bonds. The third kappa shape index (κ3) is 3.63. The second-order valence-corrected chi connectivity index (χ2v) is 4.17. The van der Waals surface area contributed by atoms with E-state index in [1.165, 1.54) is 14.2 Å². The number of hydrogen-bond donors (Lipinski definition) is 2. The molecule has 1 aromatic carbocycles. The molecule has 0 spiro atoms. The van der Waals surface area contributed by atoms with Crippen molar-refractivity contribution in [1.82, 2.24) is 0 Å². The summed E-state index contributed by atoms with van der Waals surface area (Å²) in [6, 6.07) is 5.04. The predicted molar refractivity (Wildman–Crippen MR) is 65.9 cm³/mol. The summed E-state index contributed by atoms with van der Waals surface area (Å²) in [5.74, 6) is -0.201. The Morgan fingerprint density at radius 2 is 1.72 bits per heavy atom. The zero-order valence-corrected chi connectivity index (χ0v) is 10.7. The molecule has 1 aromatic rings. The maximum atomic E-state index is 10.6. The van der Waals surface area contributed by atoms with E-state index in [-0.39, 0.29) is 12.3 Å². The van der Waals surface area contributed by atoms with Gasteiger partial charge in [-0.3, -0.25) is 4.79 Å². The average Bonchev–Trinajstić information content (AvgIpc) is 2.36. The fourth-order valence-electron chi connectivity index (χ4n) is 1.72. The zero-order chi connectivity index (χ0) is 13.7. The lowest BCUT2D eigenvalue weighted by Crippen LogP contribution is -2.13. The number of carbonyl (C=O) groups is 1. The molecular weight excluding hydrogens is 236 g/mol. The Morgan fingerprint density at radius 1 is 1.22 bits per heavy atom. The summed E-state index contributed by atoms with van der Waals surface area (Å²) in [4.78, 5) is 10.6.